The van der Waals surface area contributed by atoms with E-state index in [9.17, 15) is 4.79 Å². The fourth-order valence-electron chi connectivity index (χ4n) is 4.60. The van der Waals surface area contributed by atoms with Crippen molar-refractivity contribution in [2.75, 3.05) is 13.1 Å². The van der Waals surface area contributed by atoms with Crippen LogP contribution in [0.1, 0.15) is 41.5 Å². The molecule has 184 valence electrons. The Balaban J connectivity index is 1.18. The fourth-order valence-corrected chi connectivity index (χ4v) is 4.73. The minimum Gasteiger partial charge on any atom is -0.345 e. The number of aryl methyl sites for hydroxylation is 1. The highest BCUT2D eigenvalue weighted by Crippen LogP contribution is 2.26. The number of nitrogens with zero attached hydrogens (tertiary/aromatic N) is 3. The lowest BCUT2D eigenvalue weighted by Gasteiger charge is -2.31. The lowest BCUT2D eigenvalue weighted by molar-refractivity contribution is -0.127. The second kappa shape index (κ2) is 11.1. The van der Waals surface area contributed by atoms with E-state index in [2.05, 4.69) is 63.7 Å². The molecule has 1 aromatic heterocycles. The predicted molar refractivity (Wildman–Crippen MR) is 140 cm³/mol. The number of carbonyl (C=O) groups excluding carboxylic acids is 1. The Kier molecular flexibility index (Phi) is 7.44. The van der Waals surface area contributed by atoms with Crippen LogP contribution in [0.2, 0.25) is 5.02 Å². The first kappa shape index (κ1) is 24.2. The zero-order chi connectivity index (χ0) is 24.9. The number of amides is 1. The summed E-state index contributed by atoms with van der Waals surface area (Å²) in [7, 11) is 0. The van der Waals surface area contributed by atoms with Crippen LogP contribution in [0.3, 0.4) is 0 Å². The Morgan fingerprint density at radius 3 is 2.36 bits per heavy atom. The zero-order valence-corrected chi connectivity index (χ0v) is 21.0. The lowest BCUT2D eigenvalue weighted by Crippen LogP contribution is -2.41. The van der Waals surface area contributed by atoms with Gasteiger partial charge in [-0.25, -0.2) is 0 Å². The SMILES string of the molecule is Cc1ccc(C(NC(=O)C2CCN(Cc3nc(-c4ccc(Cl)cc4)no3)CC2)c2ccccc2)cc1. The van der Waals surface area contributed by atoms with Crippen LogP contribution >= 0.6 is 11.6 Å². The molecule has 2 heterocycles. The van der Waals surface area contributed by atoms with Gasteiger partial charge in [-0.3, -0.25) is 9.69 Å². The summed E-state index contributed by atoms with van der Waals surface area (Å²) in [6.07, 6.45) is 1.58. The molecule has 1 amide bonds. The molecule has 1 aliphatic heterocycles. The first-order valence-corrected chi connectivity index (χ1v) is 12.7. The second-order valence-corrected chi connectivity index (χ2v) is 9.77. The van der Waals surface area contributed by atoms with E-state index in [1.165, 1.54) is 5.56 Å². The van der Waals surface area contributed by atoms with Crippen LogP contribution in [-0.4, -0.2) is 34.0 Å². The molecular formula is C29H29ClN4O2. The van der Waals surface area contributed by atoms with Crippen LogP contribution in [0.25, 0.3) is 11.4 Å². The van der Waals surface area contributed by atoms with E-state index in [0.717, 1.165) is 42.6 Å². The first-order chi connectivity index (χ1) is 17.5. The number of nitrogens with one attached hydrogen (secondary N) is 1. The molecule has 1 unspecified atom stereocenters. The minimum atomic E-state index is -0.165. The summed E-state index contributed by atoms with van der Waals surface area (Å²) in [6.45, 7) is 4.25. The van der Waals surface area contributed by atoms with Gasteiger partial charge in [0.25, 0.3) is 0 Å². The van der Waals surface area contributed by atoms with Gasteiger partial charge in [-0.15, -0.1) is 0 Å². The second-order valence-electron chi connectivity index (χ2n) is 9.33. The highest BCUT2D eigenvalue weighted by molar-refractivity contribution is 6.30. The average Bonchev–Trinajstić information content (AvgIpc) is 3.37. The summed E-state index contributed by atoms with van der Waals surface area (Å²) in [4.78, 5) is 20.1. The van der Waals surface area contributed by atoms with Crippen LogP contribution < -0.4 is 5.32 Å². The summed E-state index contributed by atoms with van der Waals surface area (Å²) in [5.74, 6) is 1.21. The van der Waals surface area contributed by atoms with Crippen molar-refractivity contribution in [1.29, 1.82) is 0 Å². The van der Waals surface area contributed by atoms with Crippen molar-refractivity contribution in [3.63, 3.8) is 0 Å². The molecule has 1 atom stereocenters. The molecule has 36 heavy (non-hydrogen) atoms. The van der Waals surface area contributed by atoms with Crippen LogP contribution in [0, 0.1) is 12.8 Å². The Hall–Kier alpha value is -3.48. The van der Waals surface area contributed by atoms with E-state index in [-0.39, 0.29) is 17.9 Å². The molecule has 0 radical (unpaired) electrons. The van der Waals surface area contributed by atoms with Gasteiger partial charge < -0.3 is 9.84 Å². The Morgan fingerprint density at radius 1 is 1.00 bits per heavy atom. The van der Waals surface area contributed by atoms with Gasteiger partial charge >= 0.3 is 0 Å². The largest absolute Gasteiger partial charge is 0.345 e. The van der Waals surface area contributed by atoms with E-state index < -0.39 is 0 Å². The van der Waals surface area contributed by atoms with Crippen molar-refractivity contribution < 1.29 is 9.32 Å². The third kappa shape index (κ3) is 5.83. The maximum atomic E-state index is 13.3. The normalized spacial score (nSPS) is 15.5. The number of carbonyl (C=O) groups is 1. The van der Waals surface area contributed by atoms with Crippen LogP contribution in [0.15, 0.2) is 83.4 Å². The summed E-state index contributed by atoms with van der Waals surface area (Å²) in [6, 6.07) is 25.7. The highest BCUT2D eigenvalue weighted by atomic mass is 35.5. The van der Waals surface area contributed by atoms with Gasteiger partial charge in [0.2, 0.25) is 17.6 Å². The average molecular weight is 501 g/mol. The van der Waals surface area contributed by atoms with Crippen molar-refractivity contribution in [2.24, 2.45) is 5.92 Å². The van der Waals surface area contributed by atoms with Gasteiger partial charge in [0.05, 0.1) is 12.6 Å². The molecular weight excluding hydrogens is 472 g/mol. The number of halogens is 1. The fraction of sp³-hybridized carbons (Fsp3) is 0.276. The molecule has 1 N–H and O–H groups in total. The standard InChI is InChI=1S/C29H29ClN4O2/c1-20-7-9-22(10-8-20)27(21-5-3-2-4-6-21)32-29(35)24-15-17-34(18-16-24)19-26-31-28(33-36-26)23-11-13-25(30)14-12-23/h2-14,24,27H,15-19H2,1H3,(H,32,35). The molecule has 7 heteroatoms. The quantitative estimate of drug-likeness (QED) is 0.346. The van der Waals surface area contributed by atoms with Gasteiger partial charge in [-0.1, -0.05) is 76.9 Å². The summed E-state index contributed by atoms with van der Waals surface area (Å²) >= 11 is 5.96. The van der Waals surface area contributed by atoms with Gasteiger partial charge in [0.1, 0.15) is 0 Å². The first-order valence-electron chi connectivity index (χ1n) is 12.3. The number of hydrogen-bond donors (Lipinski definition) is 1. The summed E-state index contributed by atoms with van der Waals surface area (Å²) in [5.41, 5.74) is 4.24. The summed E-state index contributed by atoms with van der Waals surface area (Å²) < 4.78 is 5.47. The number of rotatable bonds is 7. The van der Waals surface area contributed by atoms with E-state index >= 15 is 0 Å². The molecule has 0 spiro atoms. The minimum absolute atomic E-state index is 0.0229. The van der Waals surface area contributed by atoms with E-state index in [0.29, 0.717) is 23.3 Å². The Morgan fingerprint density at radius 2 is 1.67 bits per heavy atom. The van der Waals surface area contributed by atoms with Crippen molar-refractivity contribution in [2.45, 2.75) is 32.4 Å². The lowest BCUT2D eigenvalue weighted by atomic mass is 9.93. The third-order valence-corrected chi connectivity index (χ3v) is 6.97. The highest BCUT2D eigenvalue weighted by Gasteiger charge is 2.28. The van der Waals surface area contributed by atoms with Crippen molar-refractivity contribution in [1.82, 2.24) is 20.4 Å². The molecule has 1 fully saturated rings. The number of aromatic nitrogens is 2. The molecule has 5 rings (SSSR count). The van der Waals surface area contributed by atoms with Crippen molar-refractivity contribution in [3.05, 3.63) is 106 Å². The zero-order valence-electron chi connectivity index (χ0n) is 20.2. The van der Waals surface area contributed by atoms with E-state index in [1.54, 1.807) is 0 Å². The molecule has 1 saturated heterocycles. The maximum Gasteiger partial charge on any atom is 0.241 e. The number of piperidine rings is 1. The maximum absolute atomic E-state index is 13.3. The number of hydrogen-bond acceptors (Lipinski definition) is 5. The van der Waals surface area contributed by atoms with Crippen LogP contribution in [-0.2, 0) is 11.3 Å². The van der Waals surface area contributed by atoms with Gasteiger partial charge in [0, 0.05) is 16.5 Å². The molecule has 0 aliphatic carbocycles. The topological polar surface area (TPSA) is 71.3 Å². The van der Waals surface area contributed by atoms with Crippen LogP contribution in [0.4, 0.5) is 0 Å². The summed E-state index contributed by atoms with van der Waals surface area (Å²) in [5, 5.41) is 8.09. The van der Waals surface area contributed by atoms with Gasteiger partial charge in [-0.05, 0) is 68.2 Å². The number of likely N-dealkylation sites (tertiary alicyclic amines) is 1. The number of benzene rings is 3. The van der Waals surface area contributed by atoms with Crippen molar-refractivity contribution >= 4 is 17.5 Å². The van der Waals surface area contributed by atoms with Gasteiger partial charge in [-0.2, -0.15) is 4.98 Å². The molecule has 6 nitrogen and oxygen atoms in total. The van der Waals surface area contributed by atoms with E-state index in [1.807, 2.05) is 42.5 Å². The predicted octanol–water partition coefficient (Wildman–Crippen LogP) is 5.82. The monoisotopic (exact) mass is 500 g/mol. The molecule has 0 bridgehead atoms. The Bertz CT molecular complexity index is 1280. The molecule has 4 aromatic rings. The molecule has 1 aliphatic rings. The smallest absolute Gasteiger partial charge is 0.241 e. The molecule has 0 saturated carbocycles. The molecule has 3 aromatic carbocycles. The third-order valence-electron chi connectivity index (χ3n) is 6.72. The van der Waals surface area contributed by atoms with Crippen LogP contribution in [0.5, 0.6) is 0 Å². The Labute approximate surface area is 216 Å². The van der Waals surface area contributed by atoms with E-state index in [4.69, 9.17) is 16.1 Å². The van der Waals surface area contributed by atoms with Crippen molar-refractivity contribution in [3.8, 4) is 11.4 Å². The van der Waals surface area contributed by atoms with Gasteiger partial charge in [0.15, 0.2) is 0 Å².